The van der Waals surface area contributed by atoms with Crippen LogP contribution in [0.25, 0.3) is 0 Å². The van der Waals surface area contributed by atoms with Crippen LogP contribution < -0.4 is 0 Å². The summed E-state index contributed by atoms with van der Waals surface area (Å²) in [4.78, 5) is 35.3. The second-order valence-corrected chi connectivity index (χ2v) is 7.22. The number of aliphatic carboxylic acids is 1. The first-order valence-electron chi connectivity index (χ1n) is 9.58. The van der Waals surface area contributed by atoms with Crippen LogP contribution in [-0.2, 0) is 23.9 Å². The molecule has 0 spiro atoms. The summed E-state index contributed by atoms with van der Waals surface area (Å²) in [5.74, 6) is -1.89. The second-order valence-electron chi connectivity index (χ2n) is 7.22. The van der Waals surface area contributed by atoms with Crippen LogP contribution in [0.4, 0.5) is 0 Å². The van der Waals surface area contributed by atoms with Gasteiger partial charge < -0.3 is 19.7 Å². The van der Waals surface area contributed by atoms with Gasteiger partial charge in [-0.1, -0.05) is 38.0 Å². The average Bonchev–Trinajstić information content (AvgIpc) is 3.39. The number of esters is 1. The molecule has 0 aromatic rings. The Balaban J connectivity index is 2.28. The van der Waals surface area contributed by atoms with E-state index in [0.29, 0.717) is 5.57 Å². The molecule has 0 bridgehead atoms. The monoisotopic (exact) mass is 392 g/mol. The Morgan fingerprint density at radius 2 is 2.00 bits per heavy atom. The van der Waals surface area contributed by atoms with Crippen LogP contribution in [0.2, 0.25) is 0 Å². The van der Waals surface area contributed by atoms with Crippen LogP contribution in [0.3, 0.4) is 0 Å². The zero-order valence-electron chi connectivity index (χ0n) is 16.6. The van der Waals surface area contributed by atoms with Gasteiger partial charge in [0.05, 0.1) is 0 Å². The summed E-state index contributed by atoms with van der Waals surface area (Å²) >= 11 is 0. The van der Waals surface area contributed by atoms with Crippen molar-refractivity contribution in [3.8, 4) is 0 Å². The molecule has 3 atom stereocenters. The first-order valence-corrected chi connectivity index (χ1v) is 9.58. The number of rotatable bonds is 10. The molecule has 1 saturated heterocycles. The minimum Gasteiger partial charge on any atom is -0.478 e. The van der Waals surface area contributed by atoms with Crippen molar-refractivity contribution in [1.82, 2.24) is 0 Å². The number of epoxide rings is 1. The maximum absolute atomic E-state index is 13.1. The maximum atomic E-state index is 13.1. The van der Waals surface area contributed by atoms with Crippen molar-refractivity contribution in [3.05, 3.63) is 34.9 Å². The Kier molecular flexibility index (Phi) is 7.32. The van der Waals surface area contributed by atoms with Gasteiger partial charge in [-0.15, -0.1) is 0 Å². The smallest absolute Gasteiger partial charge is 0.330 e. The van der Waals surface area contributed by atoms with Gasteiger partial charge in [0.15, 0.2) is 11.4 Å². The van der Waals surface area contributed by atoms with Crippen molar-refractivity contribution in [3.63, 3.8) is 0 Å². The Bertz CT molecular complexity index is 731. The molecule has 154 valence electrons. The summed E-state index contributed by atoms with van der Waals surface area (Å²) < 4.78 is 10.6. The van der Waals surface area contributed by atoms with E-state index in [1.54, 1.807) is 6.08 Å². The van der Waals surface area contributed by atoms with Gasteiger partial charge in [0, 0.05) is 30.1 Å². The molecule has 0 radical (unpaired) electrons. The minimum atomic E-state index is -1.25. The molecule has 7 nitrogen and oxygen atoms in total. The SMILES string of the molecule is CCCCC/C=C/C1=C(COC(C)=O)[C@@H](O)[C@H]2O[C@@]2(C/C=C(\C)C(=O)O)C1=O. The molecule has 2 rings (SSSR count). The number of carboxylic acids is 1. The molecule has 28 heavy (non-hydrogen) atoms. The molecule has 1 aliphatic heterocycles. The number of aliphatic hydroxyl groups is 1. The van der Waals surface area contributed by atoms with Gasteiger partial charge in [0.2, 0.25) is 0 Å². The molecule has 1 fully saturated rings. The molecule has 2 N–H and O–H groups in total. The van der Waals surface area contributed by atoms with E-state index >= 15 is 0 Å². The fourth-order valence-electron chi connectivity index (χ4n) is 3.30. The number of allylic oxidation sites excluding steroid dienone is 2. The third-order valence-corrected chi connectivity index (χ3v) is 5.10. The molecule has 0 aromatic carbocycles. The van der Waals surface area contributed by atoms with Crippen molar-refractivity contribution in [2.75, 3.05) is 6.61 Å². The molecule has 2 aliphatic rings. The minimum absolute atomic E-state index is 0.0692. The highest BCUT2D eigenvalue weighted by Gasteiger charge is 2.68. The van der Waals surface area contributed by atoms with E-state index in [-0.39, 0.29) is 30.0 Å². The maximum Gasteiger partial charge on any atom is 0.330 e. The van der Waals surface area contributed by atoms with Gasteiger partial charge in [0.25, 0.3) is 0 Å². The molecule has 0 saturated carbocycles. The Hall–Kier alpha value is -2.25. The molecule has 0 amide bonds. The number of aliphatic hydroxyl groups excluding tert-OH is 1. The standard InChI is InChI=1S/C21H28O7/c1-4-5-6-7-8-9-15-16(12-27-14(3)22)17(23)19-21(28-19,18(15)24)11-10-13(2)20(25)26/h8-10,17,19,23H,4-7,11-12H2,1-3H3,(H,25,26)/b9-8+,13-10+/t17-,19-,21+/m1/s1. The van der Waals surface area contributed by atoms with E-state index in [2.05, 4.69) is 6.92 Å². The summed E-state index contributed by atoms with van der Waals surface area (Å²) in [6.07, 6.45) is 7.12. The molecule has 0 unspecified atom stereocenters. The van der Waals surface area contributed by atoms with E-state index < -0.39 is 29.7 Å². The van der Waals surface area contributed by atoms with Crippen LogP contribution in [-0.4, -0.2) is 52.4 Å². The molecule has 1 heterocycles. The van der Waals surface area contributed by atoms with E-state index in [1.807, 2.05) is 6.08 Å². The van der Waals surface area contributed by atoms with Crippen LogP contribution in [0, 0.1) is 0 Å². The van der Waals surface area contributed by atoms with Gasteiger partial charge in [0.1, 0.15) is 18.8 Å². The lowest BCUT2D eigenvalue weighted by molar-refractivity contribution is -0.140. The zero-order chi connectivity index (χ0) is 20.9. The predicted octanol–water partition coefficient (Wildman–Crippen LogP) is 2.48. The number of unbranched alkanes of at least 4 members (excludes halogenated alkanes) is 3. The zero-order valence-corrected chi connectivity index (χ0v) is 16.6. The molecule has 7 heteroatoms. The molecular formula is C21H28O7. The summed E-state index contributed by atoms with van der Waals surface area (Å²) in [7, 11) is 0. The number of ketones is 1. The van der Waals surface area contributed by atoms with Crippen LogP contribution in [0.15, 0.2) is 34.9 Å². The Morgan fingerprint density at radius 3 is 2.61 bits per heavy atom. The van der Waals surface area contributed by atoms with Crippen molar-refractivity contribution in [2.45, 2.75) is 70.7 Å². The van der Waals surface area contributed by atoms with Crippen molar-refractivity contribution >= 4 is 17.7 Å². The summed E-state index contributed by atoms with van der Waals surface area (Å²) in [5, 5.41) is 19.7. The topological polar surface area (TPSA) is 113 Å². The highest BCUT2D eigenvalue weighted by molar-refractivity contribution is 6.08. The van der Waals surface area contributed by atoms with E-state index in [9.17, 15) is 19.5 Å². The molecular weight excluding hydrogens is 364 g/mol. The average molecular weight is 392 g/mol. The fourth-order valence-corrected chi connectivity index (χ4v) is 3.30. The third-order valence-electron chi connectivity index (χ3n) is 5.10. The molecule has 0 aromatic heterocycles. The highest BCUT2D eigenvalue weighted by Crippen LogP contribution is 2.50. The van der Waals surface area contributed by atoms with E-state index in [4.69, 9.17) is 14.6 Å². The van der Waals surface area contributed by atoms with Gasteiger partial charge in [-0.25, -0.2) is 4.79 Å². The number of hydrogen-bond acceptors (Lipinski definition) is 6. The summed E-state index contributed by atoms with van der Waals surface area (Å²) in [6, 6.07) is 0. The Morgan fingerprint density at radius 1 is 1.29 bits per heavy atom. The van der Waals surface area contributed by atoms with Crippen molar-refractivity contribution < 1.29 is 34.1 Å². The van der Waals surface area contributed by atoms with Gasteiger partial charge in [-0.05, 0) is 19.8 Å². The van der Waals surface area contributed by atoms with E-state index in [1.165, 1.54) is 19.9 Å². The van der Waals surface area contributed by atoms with Crippen LogP contribution in [0.1, 0.15) is 52.9 Å². The van der Waals surface area contributed by atoms with Gasteiger partial charge in [-0.2, -0.15) is 0 Å². The first-order chi connectivity index (χ1) is 13.2. The number of carbonyl (C=O) groups excluding carboxylic acids is 2. The summed E-state index contributed by atoms with van der Waals surface area (Å²) in [6.45, 7) is 4.62. The molecule has 1 aliphatic carbocycles. The lowest BCUT2D eigenvalue weighted by Gasteiger charge is -2.24. The van der Waals surface area contributed by atoms with E-state index in [0.717, 1.165) is 25.7 Å². The third kappa shape index (κ3) is 4.77. The van der Waals surface area contributed by atoms with Crippen LogP contribution in [0.5, 0.6) is 0 Å². The largest absolute Gasteiger partial charge is 0.478 e. The number of fused-ring (bicyclic) bond motifs is 1. The Labute approximate surface area is 164 Å². The predicted molar refractivity (Wildman–Crippen MR) is 102 cm³/mol. The van der Waals surface area contributed by atoms with Crippen molar-refractivity contribution in [2.24, 2.45) is 0 Å². The first kappa shape index (κ1) is 22.0. The number of ether oxygens (including phenoxy) is 2. The summed E-state index contributed by atoms with van der Waals surface area (Å²) in [5.41, 5.74) is -0.541. The lowest BCUT2D eigenvalue weighted by Crippen LogP contribution is -2.41. The second kappa shape index (κ2) is 9.30. The number of carboxylic acid groups (broad SMARTS) is 1. The lowest BCUT2D eigenvalue weighted by atomic mass is 9.78. The quantitative estimate of drug-likeness (QED) is 0.254. The fraction of sp³-hybridized carbons (Fsp3) is 0.571. The normalized spacial score (nSPS) is 27.1. The van der Waals surface area contributed by atoms with Crippen LogP contribution >= 0.6 is 0 Å². The highest BCUT2D eigenvalue weighted by atomic mass is 16.6. The van der Waals surface area contributed by atoms with Gasteiger partial charge >= 0.3 is 11.9 Å². The number of carbonyl (C=O) groups is 3. The van der Waals surface area contributed by atoms with Gasteiger partial charge in [-0.3, -0.25) is 9.59 Å². The number of Topliss-reactive ketones (excluding diaryl/α,β-unsaturated/α-hetero) is 1. The van der Waals surface area contributed by atoms with Crippen molar-refractivity contribution in [1.29, 1.82) is 0 Å². The number of hydrogen-bond donors (Lipinski definition) is 2.